The molecule has 3 nitrogen and oxygen atoms in total. The summed E-state index contributed by atoms with van der Waals surface area (Å²) in [5.74, 6) is 0. The van der Waals surface area contributed by atoms with Crippen molar-refractivity contribution in [3.63, 3.8) is 0 Å². The predicted molar refractivity (Wildman–Crippen MR) is 82.9 cm³/mol. The van der Waals surface area contributed by atoms with E-state index in [4.69, 9.17) is 0 Å². The first-order valence-electron chi connectivity index (χ1n) is 6.83. The second-order valence-corrected chi connectivity index (χ2v) is 4.83. The van der Waals surface area contributed by atoms with Crippen LogP contribution in [0.4, 0.5) is 5.69 Å². The fourth-order valence-corrected chi connectivity index (χ4v) is 2.33. The first-order valence-corrected chi connectivity index (χ1v) is 6.83. The van der Waals surface area contributed by atoms with Crippen molar-refractivity contribution in [2.45, 2.75) is 13.3 Å². The van der Waals surface area contributed by atoms with Gasteiger partial charge in [-0.05, 0) is 31.2 Å². The van der Waals surface area contributed by atoms with Gasteiger partial charge in [-0.2, -0.15) is 0 Å². The molecule has 0 unspecified atom stereocenters. The van der Waals surface area contributed by atoms with E-state index in [-0.39, 0.29) is 0 Å². The summed E-state index contributed by atoms with van der Waals surface area (Å²) in [5.41, 5.74) is 4.32. The minimum Gasteiger partial charge on any atom is -0.384 e. The number of fused-ring (bicyclic) bond motifs is 1. The number of nitrogens with zero attached hydrogens (tertiary/aromatic N) is 2. The van der Waals surface area contributed by atoms with Gasteiger partial charge < -0.3 is 5.32 Å². The Kier molecular flexibility index (Phi) is 3.59. The van der Waals surface area contributed by atoms with E-state index in [0.717, 1.165) is 35.6 Å². The van der Waals surface area contributed by atoms with Crippen LogP contribution in [0.5, 0.6) is 0 Å². The van der Waals surface area contributed by atoms with E-state index in [9.17, 15) is 0 Å². The summed E-state index contributed by atoms with van der Waals surface area (Å²) in [6.07, 6.45) is 2.75. The summed E-state index contributed by atoms with van der Waals surface area (Å²) in [6.45, 7) is 2.89. The average molecular weight is 263 g/mol. The third kappa shape index (κ3) is 2.77. The maximum Gasteiger partial charge on any atom is 0.0725 e. The second-order valence-electron chi connectivity index (χ2n) is 4.83. The lowest BCUT2D eigenvalue weighted by molar-refractivity contribution is 0.962. The van der Waals surface area contributed by atoms with Gasteiger partial charge in [0.25, 0.3) is 0 Å². The van der Waals surface area contributed by atoms with E-state index in [0.29, 0.717) is 0 Å². The second kappa shape index (κ2) is 5.70. The molecule has 0 bridgehead atoms. The summed E-state index contributed by atoms with van der Waals surface area (Å²) in [5, 5.41) is 4.66. The molecule has 0 amide bonds. The van der Waals surface area contributed by atoms with Gasteiger partial charge in [-0.1, -0.05) is 24.3 Å². The Hall–Kier alpha value is -2.42. The monoisotopic (exact) mass is 263 g/mol. The summed E-state index contributed by atoms with van der Waals surface area (Å²) in [4.78, 5) is 8.89. The number of hydrogen-bond donors (Lipinski definition) is 1. The van der Waals surface area contributed by atoms with Crippen LogP contribution < -0.4 is 5.32 Å². The van der Waals surface area contributed by atoms with Gasteiger partial charge in [0.05, 0.1) is 5.52 Å². The van der Waals surface area contributed by atoms with Crippen LogP contribution in [0.3, 0.4) is 0 Å². The minimum absolute atomic E-state index is 0.866. The quantitative estimate of drug-likeness (QED) is 0.781. The van der Waals surface area contributed by atoms with Crippen LogP contribution >= 0.6 is 0 Å². The molecule has 0 radical (unpaired) electrons. The van der Waals surface area contributed by atoms with Gasteiger partial charge in [-0.3, -0.25) is 9.97 Å². The molecule has 0 fully saturated rings. The Morgan fingerprint density at radius 1 is 1.05 bits per heavy atom. The number of hydrogen-bond acceptors (Lipinski definition) is 3. The van der Waals surface area contributed by atoms with Gasteiger partial charge in [0.15, 0.2) is 0 Å². The van der Waals surface area contributed by atoms with Crippen LogP contribution in [-0.2, 0) is 6.42 Å². The summed E-state index contributed by atoms with van der Waals surface area (Å²) in [7, 11) is 0. The lowest BCUT2D eigenvalue weighted by Crippen LogP contribution is -2.06. The Labute approximate surface area is 118 Å². The van der Waals surface area contributed by atoms with E-state index in [2.05, 4.69) is 33.5 Å². The van der Waals surface area contributed by atoms with E-state index in [1.54, 1.807) is 0 Å². The molecule has 2 heterocycles. The number of nitrogens with one attached hydrogen (secondary N) is 1. The molecule has 100 valence electrons. The topological polar surface area (TPSA) is 37.8 Å². The van der Waals surface area contributed by atoms with Crippen molar-refractivity contribution in [1.29, 1.82) is 0 Å². The molecule has 0 saturated carbocycles. The smallest absolute Gasteiger partial charge is 0.0725 e. The number of anilines is 1. The predicted octanol–water partition coefficient (Wildman–Crippen LogP) is 3.59. The molecule has 0 aliphatic carbocycles. The minimum atomic E-state index is 0.866. The van der Waals surface area contributed by atoms with Crippen molar-refractivity contribution in [3.8, 4) is 0 Å². The average Bonchev–Trinajstić information content (AvgIpc) is 2.48. The fraction of sp³-hybridized carbons (Fsp3) is 0.176. The highest BCUT2D eigenvalue weighted by Crippen LogP contribution is 2.22. The zero-order chi connectivity index (χ0) is 13.8. The molecule has 0 spiro atoms. The van der Waals surface area contributed by atoms with Gasteiger partial charge >= 0.3 is 0 Å². The van der Waals surface area contributed by atoms with Crippen LogP contribution in [0.15, 0.2) is 54.7 Å². The Morgan fingerprint density at radius 3 is 2.75 bits per heavy atom. The standard InChI is InChI=1S/C17H17N3/c1-13-12-17(15-7-2-3-8-16(15)20-13)19-11-9-14-6-4-5-10-18-14/h2-8,10,12H,9,11H2,1H3,(H,19,20). The summed E-state index contributed by atoms with van der Waals surface area (Å²) < 4.78 is 0. The van der Waals surface area contributed by atoms with Crippen molar-refractivity contribution in [2.24, 2.45) is 0 Å². The maximum absolute atomic E-state index is 4.55. The van der Waals surface area contributed by atoms with Crippen molar-refractivity contribution in [1.82, 2.24) is 9.97 Å². The normalized spacial score (nSPS) is 10.7. The molecule has 3 aromatic rings. The highest BCUT2D eigenvalue weighted by Gasteiger charge is 2.03. The van der Waals surface area contributed by atoms with Crippen molar-refractivity contribution < 1.29 is 0 Å². The van der Waals surface area contributed by atoms with Gasteiger partial charge in [0, 0.05) is 41.6 Å². The van der Waals surface area contributed by atoms with Crippen molar-refractivity contribution in [3.05, 3.63) is 66.1 Å². The third-order valence-corrected chi connectivity index (χ3v) is 3.27. The molecule has 0 aliphatic heterocycles. The Bertz CT molecular complexity index is 708. The number of para-hydroxylation sites is 1. The lowest BCUT2D eigenvalue weighted by Gasteiger charge is -2.10. The maximum atomic E-state index is 4.55. The van der Waals surface area contributed by atoms with Gasteiger partial charge in [-0.15, -0.1) is 0 Å². The molecule has 0 atom stereocenters. The SMILES string of the molecule is Cc1cc(NCCc2ccccn2)c2ccccc2n1. The number of aryl methyl sites for hydroxylation is 1. The fourth-order valence-electron chi connectivity index (χ4n) is 2.33. The van der Waals surface area contributed by atoms with Crippen molar-refractivity contribution in [2.75, 3.05) is 11.9 Å². The van der Waals surface area contributed by atoms with E-state index >= 15 is 0 Å². The van der Waals surface area contributed by atoms with E-state index < -0.39 is 0 Å². The molecule has 20 heavy (non-hydrogen) atoms. The number of rotatable bonds is 4. The molecule has 1 aromatic carbocycles. The number of aromatic nitrogens is 2. The summed E-state index contributed by atoms with van der Waals surface area (Å²) >= 11 is 0. The molecule has 0 aliphatic rings. The van der Waals surface area contributed by atoms with Crippen LogP contribution in [0.2, 0.25) is 0 Å². The van der Waals surface area contributed by atoms with Crippen molar-refractivity contribution >= 4 is 16.6 Å². The zero-order valence-corrected chi connectivity index (χ0v) is 11.5. The lowest BCUT2D eigenvalue weighted by atomic mass is 10.1. The highest BCUT2D eigenvalue weighted by atomic mass is 14.9. The number of benzene rings is 1. The van der Waals surface area contributed by atoms with Gasteiger partial charge in [0.1, 0.15) is 0 Å². The largest absolute Gasteiger partial charge is 0.384 e. The van der Waals surface area contributed by atoms with Gasteiger partial charge in [-0.25, -0.2) is 0 Å². The highest BCUT2D eigenvalue weighted by molar-refractivity contribution is 5.91. The van der Waals surface area contributed by atoms with Crippen LogP contribution in [0.25, 0.3) is 10.9 Å². The molecule has 1 N–H and O–H groups in total. The molecule has 3 heteroatoms. The summed E-state index contributed by atoms with van der Waals surface area (Å²) in [6, 6.07) is 16.3. The van der Waals surface area contributed by atoms with Gasteiger partial charge in [0.2, 0.25) is 0 Å². The molecule has 0 saturated heterocycles. The van der Waals surface area contributed by atoms with E-state index in [1.807, 2.05) is 43.5 Å². The first-order chi connectivity index (χ1) is 9.83. The number of pyridine rings is 2. The molecular formula is C17H17N3. The zero-order valence-electron chi connectivity index (χ0n) is 11.5. The van der Waals surface area contributed by atoms with E-state index in [1.165, 1.54) is 5.39 Å². The Morgan fingerprint density at radius 2 is 1.90 bits per heavy atom. The van der Waals surface area contributed by atoms with Crippen LogP contribution in [0.1, 0.15) is 11.4 Å². The molecule has 3 rings (SSSR count). The third-order valence-electron chi connectivity index (χ3n) is 3.27. The molecular weight excluding hydrogens is 246 g/mol. The van der Waals surface area contributed by atoms with Crippen LogP contribution in [0, 0.1) is 6.92 Å². The molecule has 2 aromatic heterocycles. The first kappa shape index (κ1) is 12.6. The Balaban J connectivity index is 1.77. The van der Waals surface area contributed by atoms with Crippen LogP contribution in [-0.4, -0.2) is 16.5 Å².